The predicted molar refractivity (Wildman–Crippen MR) is 58.1 cm³/mol. The minimum absolute atomic E-state index is 0.0595. The van der Waals surface area contributed by atoms with Crippen molar-refractivity contribution in [2.24, 2.45) is 0 Å². The van der Waals surface area contributed by atoms with E-state index in [1.165, 1.54) is 25.7 Å². The Kier molecular flexibility index (Phi) is 4.66. The molecule has 1 fully saturated rings. The van der Waals surface area contributed by atoms with Gasteiger partial charge in [0.2, 0.25) is 5.91 Å². The van der Waals surface area contributed by atoms with Crippen molar-refractivity contribution in [3.8, 4) is 0 Å². The molecule has 0 aromatic rings. The van der Waals surface area contributed by atoms with Crippen molar-refractivity contribution in [2.75, 3.05) is 6.54 Å². The van der Waals surface area contributed by atoms with Crippen molar-refractivity contribution in [1.82, 2.24) is 10.6 Å². The number of nitrogens with one attached hydrogen (secondary N) is 2. The highest BCUT2D eigenvalue weighted by Gasteiger charge is 2.15. The summed E-state index contributed by atoms with van der Waals surface area (Å²) in [6, 6.07) is 0.618. The molecule has 1 unspecified atom stereocenters. The third-order valence-electron chi connectivity index (χ3n) is 2.65. The molecule has 0 spiro atoms. The van der Waals surface area contributed by atoms with Crippen LogP contribution >= 0.6 is 0 Å². The number of rotatable bonds is 5. The first-order valence-electron chi connectivity index (χ1n) is 5.37. The highest BCUT2D eigenvalue weighted by molar-refractivity contribution is 5.78. The van der Waals surface area contributed by atoms with E-state index in [2.05, 4.69) is 17.2 Å². The Morgan fingerprint density at radius 1 is 1.57 bits per heavy atom. The van der Waals surface area contributed by atoms with E-state index >= 15 is 0 Å². The number of carbonyl (C=O) groups excluding carboxylic acids is 1. The van der Waals surface area contributed by atoms with Gasteiger partial charge in [0.25, 0.3) is 0 Å². The highest BCUT2D eigenvalue weighted by atomic mass is 16.1. The van der Waals surface area contributed by atoms with Crippen LogP contribution < -0.4 is 10.6 Å². The Hall–Kier alpha value is -0.830. The zero-order chi connectivity index (χ0) is 10.4. The van der Waals surface area contributed by atoms with Gasteiger partial charge in [-0.25, -0.2) is 0 Å². The molecule has 0 aliphatic heterocycles. The molecule has 0 bridgehead atoms. The van der Waals surface area contributed by atoms with Crippen molar-refractivity contribution in [3.05, 3.63) is 12.7 Å². The Morgan fingerprint density at radius 2 is 2.21 bits per heavy atom. The van der Waals surface area contributed by atoms with Gasteiger partial charge in [-0.05, 0) is 19.8 Å². The fraction of sp³-hybridized carbons (Fsp3) is 0.727. The number of hydrogen-bond donors (Lipinski definition) is 2. The lowest BCUT2D eigenvalue weighted by Crippen LogP contribution is -2.40. The van der Waals surface area contributed by atoms with Crippen LogP contribution in [-0.2, 0) is 4.79 Å². The molecule has 3 nitrogen and oxygen atoms in total. The summed E-state index contributed by atoms with van der Waals surface area (Å²) in [5, 5.41) is 6.10. The number of carbonyl (C=O) groups is 1. The van der Waals surface area contributed by atoms with Crippen molar-refractivity contribution in [1.29, 1.82) is 0 Å². The van der Waals surface area contributed by atoms with Crippen molar-refractivity contribution in [3.63, 3.8) is 0 Å². The van der Waals surface area contributed by atoms with E-state index in [1.807, 2.05) is 6.92 Å². The van der Waals surface area contributed by atoms with E-state index in [1.54, 1.807) is 6.08 Å². The fourth-order valence-corrected chi connectivity index (χ4v) is 1.73. The van der Waals surface area contributed by atoms with Crippen LogP contribution in [0.15, 0.2) is 12.7 Å². The smallest absolute Gasteiger partial charge is 0.234 e. The normalized spacial score (nSPS) is 19.2. The Bertz CT molecular complexity index is 197. The van der Waals surface area contributed by atoms with E-state index in [0.717, 1.165) is 0 Å². The quantitative estimate of drug-likeness (QED) is 0.649. The van der Waals surface area contributed by atoms with Gasteiger partial charge in [-0.15, -0.1) is 6.58 Å². The van der Waals surface area contributed by atoms with Gasteiger partial charge in [0, 0.05) is 12.1 Å². The van der Waals surface area contributed by atoms with E-state index in [-0.39, 0.29) is 11.9 Å². The maximum absolute atomic E-state index is 11.3. The predicted octanol–water partition coefficient (Wildman–Crippen LogP) is 1.21. The Labute approximate surface area is 86.0 Å². The second-order valence-corrected chi connectivity index (χ2v) is 3.95. The molecule has 3 heteroatoms. The summed E-state index contributed by atoms with van der Waals surface area (Å²) < 4.78 is 0. The van der Waals surface area contributed by atoms with Crippen molar-refractivity contribution in [2.45, 2.75) is 44.7 Å². The van der Waals surface area contributed by atoms with Crippen LogP contribution in [0.3, 0.4) is 0 Å². The maximum Gasteiger partial charge on any atom is 0.234 e. The van der Waals surface area contributed by atoms with Gasteiger partial charge in [-0.2, -0.15) is 0 Å². The molecule has 0 radical (unpaired) electrons. The summed E-state index contributed by atoms with van der Waals surface area (Å²) in [4.78, 5) is 11.3. The molecule has 0 saturated heterocycles. The van der Waals surface area contributed by atoms with E-state index in [9.17, 15) is 4.79 Å². The standard InChI is InChI=1S/C11H20N2O/c1-3-9(2)13-11(14)8-12-10-6-4-5-7-10/h3,9-10,12H,1,4-8H2,2H3,(H,13,14). The van der Waals surface area contributed by atoms with Crippen LogP contribution in [-0.4, -0.2) is 24.5 Å². The molecule has 1 aliphatic carbocycles. The van der Waals surface area contributed by atoms with Gasteiger partial charge in [-0.3, -0.25) is 4.79 Å². The molecule has 2 N–H and O–H groups in total. The lowest BCUT2D eigenvalue weighted by molar-refractivity contribution is -0.120. The van der Waals surface area contributed by atoms with Crippen LogP contribution in [0.4, 0.5) is 0 Å². The molecule has 80 valence electrons. The lowest BCUT2D eigenvalue weighted by atomic mass is 10.2. The molecule has 1 amide bonds. The molecule has 1 aliphatic rings. The molecule has 1 atom stereocenters. The third-order valence-corrected chi connectivity index (χ3v) is 2.65. The van der Waals surface area contributed by atoms with Gasteiger partial charge in [0.15, 0.2) is 0 Å². The lowest BCUT2D eigenvalue weighted by Gasteiger charge is -2.13. The second-order valence-electron chi connectivity index (χ2n) is 3.95. The molecular formula is C11H20N2O. The van der Waals surface area contributed by atoms with Crippen molar-refractivity contribution >= 4 is 5.91 Å². The van der Waals surface area contributed by atoms with Crippen LogP contribution in [0, 0.1) is 0 Å². The summed E-state index contributed by atoms with van der Waals surface area (Å²) in [6.07, 6.45) is 6.74. The summed E-state index contributed by atoms with van der Waals surface area (Å²) in [6.45, 7) is 5.97. The largest absolute Gasteiger partial charge is 0.349 e. The maximum atomic E-state index is 11.3. The average Bonchev–Trinajstić information content (AvgIpc) is 2.67. The summed E-state index contributed by atoms with van der Waals surface area (Å²) in [7, 11) is 0. The zero-order valence-electron chi connectivity index (χ0n) is 8.88. The van der Waals surface area contributed by atoms with Gasteiger partial charge in [0.1, 0.15) is 0 Å². The van der Waals surface area contributed by atoms with Crippen LogP contribution in [0.25, 0.3) is 0 Å². The van der Waals surface area contributed by atoms with Crippen LogP contribution in [0.2, 0.25) is 0 Å². The summed E-state index contributed by atoms with van der Waals surface area (Å²) in [5.41, 5.74) is 0. The monoisotopic (exact) mass is 196 g/mol. The van der Waals surface area contributed by atoms with Gasteiger partial charge in [0.05, 0.1) is 6.54 Å². The van der Waals surface area contributed by atoms with Gasteiger partial charge >= 0.3 is 0 Å². The minimum Gasteiger partial charge on any atom is -0.349 e. The first-order valence-corrected chi connectivity index (χ1v) is 5.37. The number of hydrogen-bond acceptors (Lipinski definition) is 2. The fourth-order valence-electron chi connectivity index (χ4n) is 1.73. The minimum atomic E-state index is 0.0595. The first kappa shape index (κ1) is 11.2. The molecule has 0 aromatic heterocycles. The SMILES string of the molecule is C=CC(C)NC(=O)CNC1CCCC1. The van der Waals surface area contributed by atoms with Crippen LogP contribution in [0.1, 0.15) is 32.6 Å². The average molecular weight is 196 g/mol. The summed E-state index contributed by atoms with van der Waals surface area (Å²) in [5.74, 6) is 0.0595. The second kappa shape index (κ2) is 5.81. The van der Waals surface area contributed by atoms with Crippen LogP contribution in [0.5, 0.6) is 0 Å². The number of amides is 1. The molecule has 14 heavy (non-hydrogen) atoms. The van der Waals surface area contributed by atoms with E-state index < -0.39 is 0 Å². The highest BCUT2D eigenvalue weighted by Crippen LogP contribution is 2.17. The first-order chi connectivity index (χ1) is 6.72. The molecular weight excluding hydrogens is 176 g/mol. The molecule has 0 aromatic carbocycles. The Balaban J connectivity index is 2.10. The Morgan fingerprint density at radius 3 is 2.79 bits per heavy atom. The van der Waals surface area contributed by atoms with Gasteiger partial charge in [-0.1, -0.05) is 18.9 Å². The molecule has 1 rings (SSSR count). The topological polar surface area (TPSA) is 41.1 Å². The van der Waals surface area contributed by atoms with Crippen molar-refractivity contribution < 1.29 is 4.79 Å². The van der Waals surface area contributed by atoms with E-state index in [4.69, 9.17) is 0 Å². The van der Waals surface area contributed by atoms with E-state index in [0.29, 0.717) is 12.6 Å². The van der Waals surface area contributed by atoms with Gasteiger partial charge < -0.3 is 10.6 Å². The zero-order valence-corrected chi connectivity index (χ0v) is 8.88. The molecule has 0 heterocycles. The third kappa shape index (κ3) is 3.92. The summed E-state index contributed by atoms with van der Waals surface area (Å²) >= 11 is 0. The molecule has 1 saturated carbocycles.